The number of carbonyl (C=O) groups excluding carboxylic acids is 2. The number of nitrogens with two attached hydrogens (primary N) is 1. The summed E-state index contributed by atoms with van der Waals surface area (Å²) in [5.41, 5.74) is 7.77. The SMILES string of the molecule is Cl.N=C(N)c1ccc(CCCCC(=O)N[C@@H](CC(=O)O)C(=O)N[C@@H](Cc2ccccc2)C(=O)O)cc1. The number of amides is 2. The number of benzene rings is 2. The lowest BCUT2D eigenvalue weighted by atomic mass is 10.0. The molecule has 0 fully saturated rings. The summed E-state index contributed by atoms with van der Waals surface area (Å²) in [6, 6.07) is 13.3. The maximum Gasteiger partial charge on any atom is 0.326 e. The fourth-order valence-electron chi connectivity index (χ4n) is 3.44. The number of rotatable bonds is 14. The fraction of sp³-hybridized carbons (Fsp3) is 0.320. The van der Waals surface area contributed by atoms with Gasteiger partial charge in [0.1, 0.15) is 17.9 Å². The number of nitrogens with one attached hydrogen (secondary N) is 3. The Morgan fingerprint density at radius 3 is 2.06 bits per heavy atom. The summed E-state index contributed by atoms with van der Waals surface area (Å²) in [6.07, 6.45) is 1.32. The van der Waals surface area contributed by atoms with Gasteiger partial charge in [-0.05, 0) is 30.4 Å². The van der Waals surface area contributed by atoms with Gasteiger partial charge in [0.25, 0.3) is 0 Å². The summed E-state index contributed by atoms with van der Waals surface area (Å²) in [5, 5.41) is 30.8. The minimum absolute atomic E-state index is 0. The van der Waals surface area contributed by atoms with Gasteiger partial charge >= 0.3 is 11.9 Å². The Hall–Kier alpha value is -3.92. The Labute approximate surface area is 215 Å². The lowest BCUT2D eigenvalue weighted by Gasteiger charge is -2.20. The molecule has 0 saturated carbocycles. The maximum atomic E-state index is 12.6. The topological polar surface area (TPSA) is 183 Å². The highest BCUT2D eigenvalue weighted by Gasteiger charge is 2.28. The predicted molar refractivity (Wildman–Crippen MR) is 136 cm³/mol. The third-order valence-electron chi connectivity index (χ3n) is 5.31. The number of aryl methyl sites for hydroxylation is 1. The Morgan fingerprint density at radius 1 is 0.861 bits per heavy atom. The first-order valence-electron chi connectivity index (χ1n) is 11.2. The van der Waals surface area contributed by atoms with Gasteiger partial charge in [-0.15, -0.1) is 12.4 Å². The van der Waals surface area contributed by atoms with Crippen LogP contribution in [-0.4, -0.2) is 51.9 Å². The van der Waals surface area contributed by atoms with Gasteiger partial charge < -0.3 is 26.6 Å². The molecule has 0 saturated heterocycles. The number of carbonyl (C=O) groups is 4. The van der Waals surface area contributed by atoms with E-state index in [-0.39, 0.29) is 31.1 Å². The first kappa shape index (κ1) is 30.1. The van der Waals surface area contributed by atoms with Crippen LogP contribution < -0.4 is 16.4 Å². The quantitative estimate of drug-likeness (QED) is 0.125. The predicted octanol–water partition coefficient (Wildman–Crippen LogP) is 1.88. The first-order chi connectivity index (χ1) is 16.7. The molecule has 0 aliphatic rings. The molecule has 2 atom stereocenters. The first-order valence-corrected chi connectivity index (χ1v) is 11.2. The fourth-order valence-corrected chi connectivity index (χ4v) is 3.44. The Balaban J connectivity index is 0.00000648. The normalized spacial score (nSPS) is 11.9. The van der Waals surface area contributed by atoms with Crippen molar-refractivity contribution in [2.75, 3.05) is 0 Å². The van der Waals surface area contributed by atoms with E-state index in [9.17, 15) is 24.3 Å². The van der Waals surface area contributed by atoms with Gasteiger partial charge in [0.2, 0.25) is 11.8 Å². The summed E-state index contributed by atoms with van der Waals surface area (Å²) in [4.78, 5) is 47.8. The molecule has 194 valence electrons. The standard InChI is InChI=1S/C25H30N4O6.ClH/c26-23(27)18-12-10-16(11-13-18)6-4-5-9-21(30)28-19(15-22(31)32)24(33)29-20(25(34)35)14-17-7-2-1-3-8-17;/h1-3,7-8,10-13,19-20H,4-6,9,14-15H2,(H3,26,27)(H,28,30)(H,29,33)(H,31,32)(H,34,35);1H/t19-,20-;/m0./s1. The molecule has 2 rings (SSSR count). The van der Waals surface area contributed by atoms with Gasteiger partial charge in [-0.25, -0.2) is 4.79 Å². The van der Waals surface area contributed by atoms with Gasteiger partial charge in [-0.3, -0.25) is 19.8 Å². The zero-order chi connectivity index (χ0) is 25.8. The average Bonchev–Trinajstić information content (AvgIpc) is 2.81. The third kappa shape index (κ3) is 10.6. The van der Waals surface area contributed by atoms with Crippen LogP contribution in [0.2, 0.25) is 0 Å². The smallest absolute Gasteiger partial charge is 0.326 e. The molecular formula is C25H31ClN4O6. The van der Waals surface area contributed by atoms with Crippen molar-refractivity contribution in [2.45, 2.75) is 50.6 Å². The van der Waals surface area contributed by atoms with Crippen molar-refractivity contribution in [1.29, 1.82) is 5.41 Å². The van der Waals surface area contributed by atoms with E-state index in [4.69, 9.17) is 16.2 Å². The Kier molecular flexibility index (Phi) is 12.7. The van der Waals surface area contributed by atoms with Crippen LogP contribution in [0.15, 0.2) is 54.6 Å². The number of halogens is 1. The molecule has 0 aromatic heterocycles. The molecule has 0 unspecified atom stereocenters. The van der Waals surface area contributed by atoms with Crippen LogP contribution in [0.25, 0.3) is 0 Å². The van der Waals surface area contributed by atoms with Crippen molar-refractivity contribution in [3.05, 3.63) is 71.3 Å². The molecule has 10 nitrogen and oxygen atoms in total. The number of amidine groups is 1. The number of unbranched alkanes of at least 4 members (excludes halogenated alkanes) is 1. The minimum atomic E-state index is -1.39. The molecule has 2 aromatic rings. The summed E-state index contributed by atoms with van der Waals surface area (Å²) in [6.45, 7) is 0. The molecule has 2 aromatic carbocycles. The van der Waals surface area contributed by atoms with Crippen LogP contribution in [0.1, 0.15) is 42.4 Å². The van der Waals surface area contributed by atoms with Crippen LogP contribution in [0.5, 0.6) is 0 Å². The Morgan fingerprint density at radius 2 is 1.50 bits per heavy atom. The number of aliphatic carboxylic acids is 2. The van der Waals surface area contributed by atoms with Crippen molar-refractivity contribution < 1.29 is 29.4 Å². The van der Waals surface area contributed by atoms with E-state index < -0.39 is 42.3 Å². The van der Waals surface area contributed by atoms with E-state index in [1.54, 1.807) is 42.5 Å². The third-order valence-corrected chi connectivity index (χ3v) is 5.31. The van der Waals surface area contributed by atoms with Crippen molar-refractivity contribution in [3.63, 3.8) is 0 Å². The van der Waals surface area contributed by atoms with Crippen LogP contribution in [0, 0.1) is 5.41 Å². The van der Waals surface area contributed by atoms with Crippen LogP contribution in [0.4, 0.5) is 0 Å². The summed E-state index contributed by atoms with van der Waals surface area (Å²) in [5.74, 6) is -3.93. The molecular weight excluding hydrogens is 488 g/mol. The number of hydrogen-bond acceptors (Lipinski definition) is 5. The van der Waals surface area contributed by atoms with E-state index in [1.807, 2.05) is 12.1 Å². The van der Waals surface area contributed by atoms with Gasteiger partial charge in [-0.2, -0.15) is 0 Å². The van der Waals surface area contributed by atoms with Crippen LogP contribution >= 0.6 is 12.4 Å². The van der Waals surface area contributed by atoms with Gasteiger partial charge in [-0.1, -0.05) is 54.6 Å². The molecule has 0 heterocycles. The second kappa shape index (κ2) is 15.2. The van der Waals surface area contributed by atoms with Crippen molar-refractivity contribution >= 4 is 42.0 Å². The van der Waals surface area contributed by atoms with E-state index in [1.165, 1.54) is 0 Å². The summed E-state index contributed by atoms with van der Waals surface area (Å²) >= 11 is 0. The van der Waals surface area contributed by atoms with Crippen molar-refractivity contribution in [1.82, 2.24) is 10.6 Å². The minimum Gasteiger partial charge on any atom is -0.481 e. The average molecular weight is 519 g/mol. The van der Waals surface area contributed by atoms with E-state index in [2.05, 4.69) is 10.6 Å². The molecule has 0 aliphatic heterocycles. The number of carboxylic acid groups (broad SMARTS) is 2. The van der Waals surface area contributed by atoms with Crippen LogP contribution in [0.3, 0.4) is 0 Å². The monoisotopic (exact) mass is 518 g/mol. The molecule has 0 aliphatic carbocycles. The molecule has 0 bridgehead atoms. The molecule has 2 amide bonds. The Bertz CT molecular complexity index is 1050. The summed E-state index contributed by atoms with van der Waals surface area (Å²) < 4.78 is 0. The molecule has 36 heavy (non-hydrogen) atoms. The molecule has 0 radical (unpaired) electrons. The molecule has 7 N–H and O–H groups in total. The number of hydrogen-bond donors (Lipinski definition) is 6. The van der Waals surface area contributed by atoms with Gasteiger partial charge in [0, 0.05) is 18.4 Å². The van der Waals surface area contributed by atoms with Crippen molar-refractivity contribution in [3.8, 4) is 0 Å². The highest BCUT2D eigenvalue weighted by molar-refractivity contribution is 5.95. The molecule has 0 spiro atoms. The van der Waals surface area contributed by atoms with E-state index in [0.29, 0.717) is 30.4 Å². The molecule has 11 heteroatoms. The van der Waals surface area contributed by atoms with E-state index >= 15 is 0 Å². The van der Waals surface area contributed by atoms with E-state index in [0.717, 1.165) is 5.56 Å². The zero-order valence-corrected chi connectivity index (χ0v) is 20.4. The van der Waals surface area contributed by atoms with Gasteiger partial charge in [0.15, 0.2) is 0 Å². The lowest BCUT2D eigenvalue weighted by Crippen LogP contribution is -2.52. The lowest BCUT2D eigenvalue weighted by molar-refractivity contribution is -0.143. The summed E-state index contributed by atoms with van der Waals surface area (Å²) in [7, 11) is 0. The largest absolute Gasteiger partial charge is 0.481 e. The second-order valence-corrected chi connectivity index (χ2v) is 8.12. The van der Waals surface area contributed by atoms with Crippen molar-refractivity contribution in [2.24, 2.45) is 5.73 Å². The number of carboxylic acids is 2. The van der Waals surface area contributed by atoms with Gasteiger partial charge in [0.05, 0.1) is 6.42 Å². The highest BCUT2D eigenvalue weighted by atomic mass is 35.5. The van der Waals surface area contributed by atoms with Crippen LogP contribution in [-0.2, 0) is 32.0 Å². The maximum absolute atomic E-state index is 12.6. The second-order valence-electron chi connectivity index (χ2n) is 8.12. The highest BCUT2D eigenvalue weighted by Crippen LogP contribution is 2.09. The number of nitrogen functional groups attached to an aromatic ring is 1. The zero-order valence-electron chi connectivity index (χ0n) is 19.6.